The van der Waals surface area contributed by atoms with E-state index in [0.717, 1.165) is 28.0 Å². The topological polar surface area (TPSA) is 12.0 Å². The predicted molar refractivity (Wildman–Crippen MR) is 92.7 cm³/mol. The second-order valence-corrected chi connectivity index (χ2v) is 7.28. The molecule has 0 amide bonds. The standard InChI is InChI=1S/C16H14Br2ClN/c17-14-4-2-1-3-13(14)10-7-12(8-10)20-11-5-6-15(18)16(19)9-11/h1-6,9-10,12,20H,7-8H2. The molecule has 4 heteroatoms. The molecule has 0 aliphatic heterocycles. The minimum absolute atomic E-state index is 0.532. The minimum Gasteiger partial charge on any atom is -0.382 e. The molecule has 2 aromatic carbocycles. The molecule has 1 nitrogen and oxygen atoms in total. The van der Waals surface area contributed by atoms with Gasteiger partial charge in [-0.2, -0.15) is 0 Å². The Kier molecular flexibility index (Phi) is 4.39. The van der Waals surface area contributed by atoms with E-state index in [4.69, 9.17) is 11.6 Å². The van der Waals surface area contributed by atoms with E-state index in [1.165, 1.54) is 10.0 Å². The molecule has 0 aromatic heterocycles. The van der Waals surface area contributed by atoms with Crippen LogP contribution < -0.4 is 5.32 Å². The highest BCUT2D eigenvalue weighted by molar-refractivity contribution is 9.10. The van der Waals surface area contributed by atoms with Gasteiger partial charge in [0.1, 0.15) is 0 Å². The van der Waals surface area contributed by atoms with Crippen molar-refractivity contribution in [1.29, 1.82) is 0 Å². The van der Waals surface area contributed by atoms with Gasteiger partial charge in [0.25, 0.3) is 0 Å². The highest BCUT2D eigenvalue weighted by Crippen LogP contribution is 2.41. The largest absolute Gasteiger partial charge is 0.382 e. The van der Waals surface area contributed by atoms with Gasteiger partial charge in [0.2, 0.25) is 0 Å². The molecular weight excluding hydrogens is 401 g/mol. The summed E-state index contributed by atoms with van der Waals surface area (Å²) in [5.41, 5.74) is 2.51. The SMILES string of the molecule is Clc1cc(NC2CC(c3ccccc3Br)C2)ccc1Br. The van der Waals surface area contributed by atoms with Crippen molar-refractivity contribution in [1.82, 2.24) is 0 Å². The lowest BCUT2D eigenvalue weighted by Gasteiger charge is -2.37. The van der Waals surface area contributed by atoms with E-state index in [2.05, 4.69) is 67.5 Å². The van der Waals surface area contributed by atoms with Crippen LogP contribution in [0, 0.1) is 0 Å². The van der Waals surface area contributed by atoms with Crippen molar-refractivity contribution >= 4 is 49.1 Å². The highest BCUT2D eigenvalue weighted by atomic mass is 79.9. The number of halogens is 3. The van der Waals surface area contributed by atoms with E-state index in [1.54, 1.807) is 0 Å². The molecule has 3 rings (SSSR count). The van der Waals surface area contributed by atoms with Crippen LogP contribution in [-0.4, -0.2) is 6.04 Å². The van der Waals surface area contributed by atoms with Gasteiger partial charge >= 0.3 is 0 Å². The molecule has 0 radical (unpaired) electrons. The summed E-state index contributed by atoms with van der Waals surface area (Å²) >= 11 is 13.2. The van der Waals surface area contributed by atoms with E-state index in [9.17, 15) is 0 Å². The van der Waals surface area contributed by atoms with Crippen molar-refractivity contribution in [3.63, 3.8) is 0 Å². The van der Waals surface area contributed by atoms with Gasteiger partial charge in [-0.05, 0) is 64.5 Å². The number of benzene rings is 2. The molecule has 1 saturated carbocycles. The normalized spacial score (nSPS) is 21.4. The molecular formula is C16H14Br2ClN. The molecule has 20 heavy (non-hydrogen) atoms. The maximum atomic E-state index is 6.11. The van der Waals surface area contributed by atoms with Crippen LogP contribution in [0.4, 0.5) is 5.69 Å². The van der Waals surface area contributed by atoms with Gasteiger partial charge in [-0.1, -0.05) is 45.7 Å². The molecule has 0 atom stereocenters. The average molecular weight is 416 g/mol. The zero-order valence-electron chi connectivity index (χ0n) is 10.7. The number of anilines is 1. The fourth-order valence-corrected chi connectivity index (χ4v) is 3.65. The summed E-state index contributed by atoms with van der Waals surface area (Å²) in [6.45, 7) is 0. The maximum absolute atomic E-state index is 6.11. The van der Waals surface area contributed by atoms with Crippen LogP contribution in [0.15, 0.2) is 51.4 Å². The van der Waals surface area contributed by atoms with E-state index >= 15 is 0 Å². The van der Waals surface area contributed by atoms with Gasteiger partial charge in [-0.3, -0.25) is 0 Å². The zero-order valence-corrected chi connectivity index (χ0v) is 14.7. The monoisotopic (exact) mass is 413 g/mol. The Balaban J connectivity index is 1.61. The molecule has 1 N–H and O–H groups in total. The summed E-state index contributed by atoms with van der Waals surface area (Å²) in [7, 11) is 0. The van der Waals surface area contributed by atoms with Crippen LogP contribution in [0.25, 0.3) is 0 Å². The lowest BCUT2D eigenvalue weighted by atomic mass is 9.76. The number of nitrogens with one attached hydrogen (secondary N) is 1. The molecule has 0 unspecified atom stereocenters. The van der Waals surface area contributed by atoms with Crippen molar-refractivity contribution in [2.75, 3.05) is 5.32 Å². The van der Waals surface area contributed by atoms with Crippen LogP contribution in [0.3, 0.4) is 0 Å². The molecule has 0 heterocycles. The third kappa shape index (κ3) is 3.05. The van der Waals surface area contributed by atoms with Crippen molar-refractivity contribution in [2.24, 2.45) is 0 Å². The smallest absolute Gasteiger partial charge is 0.0568 e. The number of hydrogen-bond donors (Lipinski definition) is 1. The summed E-state index contributed by atoms with van der Waals surface area (Å²) in [6, 6.07) is 15.0. The molecule has 1 aliphatic carbocycles. The van der Waals surface area contributed by atoms with E-state index in [0.29, 0.717) is 12.0 Å². The van der Waals surface area contributed by atoms with Gasteiger partial charge in [-0.15, -0.1) is 0 Å². The summed E-state index contributed by atoms with van der Waals surface area (Å²) in [5, 5.41) is 4.29. The van der Waals surface area contributed by atoms with Crippen LogP contribution >= 0.6 is 43.5 Å². The minimum atomic E-state index is 0.532. The fourth-order valence-electron chi connectivity index (χ4n) is 2.62. The van der Waals surface area contributed by atoms with Gasteiger partial charge in [0, 0.05) is 20.7 Å². The van der Waals surface area contributed by atoms with Crippen molar-refractivity contribution in [2.45, 2.75) is 24.8 Å². The second-order valence-electron chi connectivity index (χ2n) is 5.16. The van der Waals surface area contributed by atoms with Gasteiger partial charge in [-0.25, -0.2) is 0 Å². The maximum Gasteiger partial charge on any atom is 0.0568 e. The summed E-state index contributed by atoms with van der Waals surface area (Å²) < 4.78 is 2.15. The molecule has 0 bridgehead atoms. The molecule has 104 valence electrons. The first-order valence-corrected chi connectivity index (χ1v) is 8.56. The second kappa shape index (κ2) is 6.08. The van der Waals surface area contributed by atoms with Crippen molar-refractivity contribution < 1.29 is 0 Å². The quantitative estimate of drug-likeness (QED) is 0.627. The highest BCUT2D eigenvalue weighted by Gasteiger charge is 2.31. The number of rotatable bonds is 3. The van der Waals surface area contributed by atoms with Crippen LogP contribution in [-0.2, 0) is 0 Å². The van der Waals surface area contributed by atoms with Crippen molar-refractivity contribution in [3.05, 3.63) is 62.0 Å². The first-order chi connectivity index (χ1) is 9.63. The summed E-state index contributed by atoms with van der Waals surface area (Å²) in [4.78, 5) is 0. The summed E-state index contributed by atoms with van der Waals surface area (Å²) in [6.07, 6.45) is 2.33. The molecule has 2 aromatic rings. The molecule has 0 saturated heterocycles. The molecule has 1 fully saturated rings. The Hall–Kier alpha value is -0.510. The predicted octanol–water partition coefficient (Wildman–Crippen LogP) is 6.22. The third-order valence-electron chi connectivity index (χ3n) is 3.77. The first kappa shape index (κ1) is 14.4. The van der Waals surface area contributed by atoms with Crippen LogP contribution in [0.5, 0.6) is 0 Å². The lowest BCUT2D eigenvalue weighted by molar-refractivity contribution is 0.373. The van der Waals surface area contributed by atoms with Gasteiger partial charge in [0.05, 0.1) is 5.02 Å². The van der Waals surface area contributed by atoms with Crippen molar-refractivity contribution in [3.8, 4) is 0 Å². The molecule has 0 spiro atoms. The summed E-state index contributed by atoms with van der Waals surface area (Å²) in [5.74, 6) is 0.647. The number of hydrogen-bond acceptors (Lipinski definition) is 1. The van der Waals surface area contributed by atoms with Crippen LogP contribution in [0.2, 0.25) is 5.02 Å². The average Bonchev–Trinajstić information content (AvgIpc) is 2.39. The van der Waals surface area contributed by atoms with Gasteiger partial charge < -0.3 is 5.32 Å². The Morgan fingerprint density at radius 2 is 1.75 bits per heavy atom. The van der Waals surface area contributed by atoms with Gasteiger partial charge in [0.15, 0.2) is 0 Å². The Morgan fingerprint density at radius 3 is 2.45 bits per heavy atom. The van der Waals surface area contributed by atoms with E-state index < -0.39 is 0 Å². The Morgan fingerprint density at radius 1 is 1.00 bits per heavy atom. The molecule has 1 aliphatic rings. The fraction of sp³-hybridized carbons (Fsp3) is 0.250. The van der Waals surface area contributed by atoms with Crippen LogP contribution in [0.1, 0.15) is 24.3 Å². The Labute approximate surface area is 141 Å². The third-order valence-corrected chi connectivity index (χ3v) is 5.73. The first-order valence-electron chi connectivity index (χ1n) is 6.59. The lowest BCUT2D eigenvalue weighted by Crippen LogP contribution is -2.34. The zero-order chi connectivity index (χ0) is 14.1. The van der Waals surface area contributed by atoms with E-state index in [-0.39, 0.29) is 0 Å². The Bertz CT molecular complexity index is 624. The van der Waals surface area contributed by atoms with E-state index in [1.807, 2.05) is 12.1 Å².